The van der Waals surface area contributed by atoms with Crippen molar-refractivity contribution in [3.05, 3.63) is 77.1 Å². The minimum absolute atomic E-state index is 0.330. The Balaban J connectivity index is 1.60. The van der Waals surface area contributed by atoms with E-state index < -0.39 is 0 Å². The topological polar surface area (TPSA) is 79.8 Å². The molecule has 1 amide bonds. The van der Waals surface area contributed by atoms with Gasteiger partial charge < -0.3 is 10.6 Å². The summed E-state index contributed by atoms with van der Waals surface area (Å²) in [6.07, 6.45) is 1.73. The second-order valence-corrected chi connectivity index (χ2v) is 5.32. The highest BCUT2D eigenvalue weighted by molar-refractivity contribution is 6.34. The quantitative estimate of drug-likeness (QED) is 0.744. The zero-order valence-electron chi connectivity index (χ0n) is 12.6. The SMILES string of the molecule is O=C(Nc1ccc(NCc2ccccn2)nn1)c1ccccc1Cl. The molecule has 0 saturated heterocycles. The van der Waals surface area contributed by atoms with Crippen molar-refractivity contribution >= 4 is 29.1 Å². The summed E-state index contributed by atoms with van der Waals surface area (Å²) < 4.78 is 0. The van der Waals surface area contributed by atoms with Gasteiger partial charge in [-0.15, -0.1) is 10.2 Å². The van der Waals surface area contributed by atoms with Crippen molar-refractivity contribution in [2.45, 2.75) is 6.54 Å². The summed E-state index contributed by atoms with van der Waals surface area (Å²) in [5, 5.41) is 14.2. The number of rotatable bonds is 5. The van der Waals surface area contributed by atoms with Crippen molar-refractivity contribution in [3.8, 4) is 0 Å². The van der Waals surface area contributed by atoms with E-state index in [1.807, 2.05) is 18.2 Å². The molecule has 7 heteroatoms. The van der Waals surface area contributed by atoms with Crippen molar-refractivity contribution in [1.82, 2.24) is 15.2 Å². The number of aromatic nitrogens is 3. The van der Waals surface area contributed by atoms with Gasteiger partial charge in [0.1, 0.15) is 5.82 Å². The van der Waals surface area contributed by atoms with Gasteiger partial charge in [-0.3, -0.25) is 9.78 Å². The molecule has 3 aromatic rings. The van der Waals surface area contributed by atoms with Crippen molar-refractivity contribution in [2.75, 3.05) is 10.6 Å². The number of carbonyl (C=O) groups is 1. The summed E-state index contributed by atoms with van der Waals surface area (Å²) in [5.74, 6) is 0.615. The number of nitrogens with zero attached hydrogens (tertiary/aromatic N) is 3. The zero-order chi connectivity index (χ0) is 16.8. The maximum atomic E-state index is 12.1. The summed E-state index contributed by atoms with van der Waals surface area (Å²) in [5.41, 5.74) is 1.29. The monoisotopic (exact) mass is 339 g/mol. The molecule has 2 N–H and O–H groups in total. The number of amides is 1. The Morgan fingerprint density at radius 2 is 1.71 bits per heavy atom. The van der Waals surface area contributed by atoms with Crippen LogP contribution < -0.4 is 10.6 Å². The molecule has 2 heterocycles. The van der Waals surface area contributed by atoms with Crippen molar-refractivity contribution in [1.29, 1.82) is 0 Å². The number of benzene rings is 1. The second kappa shape index (κ2) is 7.52. The predicted molar refractivity (Wildman–Crippen MR) is 93.0 cm³/mol. The van der Waals surface area contributed by atoms with Gasteiger partial charge in [0.15, 0.2) is 5.82 Å². The minimum atomic E-state index is -0.330. The molecular formula is C17H14ClN5O. The Bertz CT molecular complexity index is 824. The van der Waals surface area contributed by atoms with Crippen LogP contribution in [0, 0.1) is 0 Å². The average Bonchev–Trinajstić information content (AvgIpc) is 2.62. The molecule has 0 aliphatic rings. The summed E-state index contributed by atoms with van der Waals surface area (Å²) in [6, 6.07) is 15.9. The van der Waals surface area contributed by atoms with Gasteiger partial charge in [0.25, 0.3) is 5.91 Å². The van der Waals surface area contributed by atoms with Gasteiger partial charge in [-0.25, -0.2) is 0 Å². The van der Waals surface area contributed by atoms with Gasteiger partial charge in [0.05, 0.1) is 22.8 Å². The highest BCUT2D eigenvalue weighted by Gasteiger charge is 2.10. The number of nitrogens with one attached hydrogen (secondary N) is 2. The first-order valence-corrected chi connectivity index (χ1v) is 7.63. The highest BCUT2D eigenvalue weighted by atomic mass is 35.5. The van der Waals surface area contributed by atoms with Crippen LogP contribution in [-0.2, 0) is 6.54 Å². The first-order chi connectivity index (χ1) is 11.7. The first kappa shape index (κ1) is 15.9. The standard InChI is InChI=1S/C17H14ClN5O/c18-14-7-2-1-6-13(14)17(24)21-16-9-8-15(22-23-16)20-11-12-5-3-4-10-19-12/h1-10H,11H2,(H,20,22)(H,21,23,24). The summed E-state index contributed by atoms with van der Waals surface area (Å²) in [7, 11) is 0. The number of pyridine rings is 1. The largest absolute Gasteiger partial charge is 0.363 e. The molecule has 0 saturated carbocycles. The van der Waals surface area contributed by atoms with Crippen LogP contribution in [0.5, 0.6) is 0 Å². The lowest BCUT2D eigenvalue weighted by molar-refractivity contribution is 0.102. The third kappa shape index (κ3) is 4.05. The van der Waals surface area contributed by atoms with Crippen molar-refractivity contribution in [3.63, 3.8) is 0 Å². The Morgan fingerprint density at radius 1 is 0.958 bits per heavy atom. The minimum Gasteiger partial charge on any atom is -0.363 e. The van der Waals surface area contributed by atoms with Crippen LogP contribution in [0.1, 0.15) is 16.1 Å². The fourth-order valence-electron chi connectivity index (χ4n) is 2.01. The molecule has 2 aromatic heterocycles. The van der Waals surface area contributed by atoms with Crippen LogP contribution in [0.15, 0.2) is 60.8 Å². The van der Waals surface area contributed by atoms with E-state index in [1.54, 1.807) is 42.6 Å². The lowest BCUT2D eigenvalue weighted by Gasteiger charge is -2.07. The third-order valence-electron chi connectivity index (χ3n) is 3.20. The lowest BCUT2D eigenvalue weighted by Crippen LogP contribution is -2.14. The summed E-state index contributed by atoms with van der Waals surface area (Å²) in [4.78, 5) is 16.4. The van der Waals surface area contributed by atoms with E-state index in [0.29, 0.717) is 28.8 Å². The van der Waals surface area contributed by atoms with E-state index in [1.165, 1.54) is 0 Å². The van der Waals surface area contributed by atoms with Gasteiger partial charge in [0, 0.05) is 6.20 Å². The van der Waals surface area contributed by atoms with Gasteiger partial charge >= 0.3 is 0 Å². The van der Waals surface area contributed by atoms with Crippen LogP contribution in [0.4, 0.5) is 11.6 Å². The second-order valence-electron chi connectivity index (χ2n) is 4.91. The van der Waals surface area contributed by atoms with E-state index in [9.17, 15) is 4.79 Å². The first-order valence-electron chi connectivity index (χ1n) is 7.26. The molecule has 24 heavy (non-hydrogen) atoms. The lowest BCUT2D eigenvalue weighted by atomic mass is 10.2. The Labute approximate surface area is 143 Å². The van der Waals surface area contributed by atoms with Gasteiger partial charge in [-0.05, 0) is 36.4 Å². The molecule has 0 unspecified atom stereocenters. The Hall–Kier alpha value is -2.99. The van der Waals surface area contributed by atoms with E-state index >= 15 is 0 Å². The predicted octanol–water partition coefficient (Wildman–Crippen LogP) is 3.39. The van der Waals surface area contributed by atoms with E-state index in [4.69, 9.17) is 11.6 Å². The van der Waals surface area contributed by atoms with E-state index in [2.05, 4.69) is 25.8 Å². The van der Waals surface area contributed by atoms with Crippen molar-refractivity contribution < 1.29 is 4.79 Å². The van der Waals surface area contributed by atoms with E-state index in [-0.39, 0.29) is 5.91 Å². The Morgan fingerprint density at radius 3 is 2.42 bits per heavy atom. The molecule has 0 radical (unpaired) electrons. The van der Waals surface area contributed by atoms with Crippen molar-refractivity contribution in [2.24, 2.45) is 0 Å². The maximum Gasteiger partial charge on any atom is 0.258 e. The fourth-order valence-corrected chi connectivity index (χ4v) is 2.23. The van der Waals surface area contributed by atoms with Gasteiger partial charge in [0.2, 0.25) is 0 Å². The van der Waals surface area contributed by atoms with Crippen LogP contribution in [-0.4, -0.2) is 21.1 Å². The zero-order valence-corrected chi connectivity index (χ0v) is 13.4. The highest BCUT2D eigenvalue weighted by Crippen LogP contribution is 2.16. The maximum absolute atomic E-state index is 12.1. The molecular weight excluding hydrogens is 326 g/mol. The fraction of sp³-hybridized carbons (Fsp3) is 0.0588. The number of halogens is 1. The molecule has 6 nitrogen and oxygen atoms in total. The molecule has 120 valence electrons. The van der Waals surface area contributed by atoms with Gasteiger partial charge in [-0.2, -0.15) is 0 Å². The third-order valence-corrected chi connectivity index (χ3v) is 3.53. The summed E-state index contributed by atoms with van der Waals surface area (Å²) in [6.45, 7) is 0.543. The van der Waals surface area contributed by atoms with Crippen LogP contribution in [0.2, 0.25) is 5.02 Å². The van der Waals surface area contributed by atoms with Crippen LogP contribution >= 0.6 is 11.6 Å². The molecule has 0 atom stereocenters. The summed E-state index contributed by atoms with van der Waals surface area (Å²) >= 11 is 6.00. The number of hydrogen-bond acceptors (Lipinski definition) is 5. The van der Waals surface area contributed by atoms with Gasteiger partial charge in [-0.1, -0.05) is 29.8 Å². The molecule has 3 rings (SSSR count). The molecule has 1 aromatic carbocycles. The number of anilines is 2. The number of carbonyl (C=O) groups excluding carboxylic acids is 1. The van der Waals surface area contributed by atoms with Crippen LogP contribution in [0.25, 0.3) is 0 Å². The molecule has 0 bridgehead atoms. The van der Waals surface area contributed by atoms with E-state index in [0.717, 1.165) is 5.69 Å². The molecule has 0 spiro atoms. The normalized spacial score (nSPS) is 10.2. The molecule has 0 aliphatic carbocycles. The average molecular weight is 340 g/mol. The Kier molecular flexibility index (Phi) is 4.98. The smallest absolute Gasteiger partial charge is 0.258 e. The number of hydrogen-bond donors (Lipinski definition) is 2. The molecule has 0 fully saturated rings. The molecule has 0 aliphatic heterocycles. The van der Waals surface area contributed by atoms with Crippen LogP contribution in [0.3, 0.4) is 0 Å².